The third kappa shape index (κ3) is 3.72. The first kappa shape index (κ1) is 24.3. The zero-order valence-electron chi connectivity index (χ0n) is 21.0. The maximum atomic E-state index is 13.6. The Hall–Kier alpha value is -3.08. The number of alkyl halides is 3. The molecule has 4 aliphatic rings. The van der Waals surface area contributed by atoms with Crippen LogP contribution in [0.3, 0.4) is 0 Å². The number of hydrogen-bond donors (Lipinski definition) is 1. The van der Waals surface area contributed by atoms with Crippen molar-refractivity contribution in [3.8, 4) is 0 Å². The summed E-state index contributed by atoms with van der Waals surface area (Å²) in [5, 5.41) is 0. The molecular formula is C26H29F3N6O2. The lowest BCUT2D eigenvalue weighted by molar-refractivity contribution is -0.337. The lowest BCUT2D eigenvalue weighted by atomic mass is 9.34. The van der Waals surface area contributed by atoms with Gasteiger partial charge in [-0.1, -0.05) is 0 Å². The minimum Gasteiger partial charge on any atom is -0.373 e. The molecule has 0 amide bonds. The zero-order chi connectivity index (χ0) is 26.2. The van der Waals surface area contributed by atoms with Gasteiger partial charge in [0.2, 0.25) is 0 Å². The molecule has 3 aliphatic carbocycles. The van der Waals surface area contributed by atoms with Gasteiger partial charge in [-0.05, 0) is 64.5 Å². The van der Waals surface area contributed by atoms with Gasteiger partial charge in [-0.3, -0.25) is 4.79 Å². The number of pyridine rings is 1. The molecule has 196 valence electrons. The van der Waals surface area contributed by atoms with E-state index in [-0.39, 0.29) is 36.8 Å². The Balaban J connectivity index is 1.36. The largest absolute Gasteiger partial charge is 0.394 e. The molecule has 4 heterocycles. The van der Waals surface area contributed by atoms with E-state index < -0.39 is 17.0 Å². The maximum Gasteiger partial charge on any atom is 0.394 e. The first-order valence-electron chi connectivity index (χ1n) is 12.7. The number of nitrogens with zero attached hydrogens (tertiary/aromatic N) is 5. The molecule has 3 aromatic rings. The van der Waals surface area contributed by atoms with Crippen LogP contribution in [0.2, 0.25) is 0 Å². The van der Waals surface area contributed by atoms with Crippen LogP contribution in [-0.2, 0) is 10.2 Å². The molecule has 2 bridgehead atoms. The smallest absolute Gasteiger partial charge is 0.373 e. The topological polar surface area (TPSA) is 94.8 Å². The van der Waals surface area contributed by atoms with Crippen molar-refractivity contribution >= 4 is 11.2 Å². The molecule has 1 aliphatic heterocycles. The first-order chi connectivity index (χ1) is 17.5. The highest BCUT2D eigenvalue weighted by Gasteiger charge is 2.79. The Labute approximate surface area is 211 Å². The fourth-order valence-electron chi connectivity index (χ4n) is 6.27. The van der Waals surface area contributed by atoms with E-state index >= 15 is 0 Å². The average molecular weight is 515 g/mol. The van der Waals surface area contributed by atoms with Crippen LogP contribution in [0.4, 0.5) is 13.2 Å². The average Bonchev–Trinajstić information content (AvgIpc) is 2.79. The van der Waals surface area contributed by atoms with Crippen molar-refractivity contribution in [2.45, 2.75) is 76.5 Å². The summed E-state index contributed by atoms with van der Waals surface area (Å²) in [6.07, 6.45) is -1.29. The number of ether oxygens (including phenoxy) is 1. The number of aromatic nitrogens is 5. The molecule has 4 fully saturated rings. The fourth-order valence-corrected chi connectivity index (χ4v) is 6.27. The summed E-state index contributed by atoms with van der Waals surface area (Å²) in [5.41, 5.74) is 4.55. The SMILES string of the molecule is CCNn1cc(C2CC(c3nc(C45CC(C(F)(F)F)(C4)C5)c4nc(C)c(C)nc4n3)CCO2)ccc1=O. The highest BCUT2D eigenvalue weighted by molar-refractivity contribution is 5.75. The van der Waals surface area contributed by atoms with Gasteiger partial charge in [-0.15, -0.1) is 0 Å². The van der Waals surface area contributed by atoms with Crippen LogP contribution >= 0.6 is 0 Å². The van der Waals surface area contributed by atoms with E-state index in [9.17, 15) is 18.0 Å². The Kier molecular flexibility index (Phi) is 5.38. The molecule has 0 aromatic carbocycles. The van der Waals surface area contributed by atoms with Gasteiger partial charge >= 0.3 is 6.18 Å². The summed E-state index contributed by atoms with van der Waals surface area (Å²) in [4.78, 5) is 31.2. The Morgan fingerprint density at radius 1 is 1.11 bits per heavy atom. The fraction of sp³-hybridized carbons (Fsp3) is 0.577. The highest BCUT2D eigenvalue weighted by atomic mass is 19.4. The van der Waals surface area contributed by atoms with E-state index in [1.165, 1.54) is 10.7 Å². The van der Waals surface area contributed by atoms with Crippen molar-refractivity contribution in [3.63, 3.8) is 0 Å². The molecular weight excluding hydrogens is 485 g/mol. The van der Waals surface area contributed by atoms with Crippen LogP contribution in [-0.4, -0.2) is 43.9 Å². The minimum absolute atomic E-state index is 0.0477. The van der Waals surface area contributed by atoms with Gasteiger partial charge in [0.1, 0.15) is 11.3 Å². The van der Waals surface area contributed by atoms with Gasteiger partial charge in [0, 0.05) is 36.7 Å². The van der Waals surface area contributed by atoms with Gasteiger partial charge in [0.15, 0.2) is 5.65 Å². The van der Waals surface area contributed by atoms with E-state index in [1.807, 2.05) is 20.8 Å². The molecule has 1 saturated heterocycles. The second-order valence-corrected chi connectivity index (χ2v) is 10.8. The molecule has 11 heteroatoms. The molecule has 0 spiro atoms. The lowest BCUT2D eigenvalue weighted by Crippen LogP contribution is -2.70. The normalized spacial score (nSPS) is 29.0. The van der Waals surface area contributed by atoms with Crippen molar-refractivity contribution in [1.82, 2.24) is 24.6 Å². The second-order valence-electron chi connectivity index (χ2n) is 10.8. The molecule has 7 rings (SSSR count). The predicted octanol–water partition coefficient (Wildman–Crippen LogP) is 4.38. The van der Waals surface area contributed by atoms with Crippen molar-refractivity contribution in [2.24, 2.45) is 5.41 Å². The van der Waals surface area contributed by atoms with Crippen molar-refractivity contribution in [1.29, 1.82) is 0 Å². The van der Waals surface area contributed by atoms with E-state index in [0.717, 1.165) is 17.0 Å². The van der Waals surface area contributed by atoms with Crippen LogP contribution in [0, 0.1) is 19.3 Å². The minimum atomic E-state index is -4.20. The van der Waals surface area contributed by atoms with Crippen LogP contribution in [0.25, 0.3) is 11.2 Å². The predicted molar refractivity (Wildman–Crippen MR) is 130 cm³/mol. The number of fused-ring (bicyclic) bond motifs is 1. The molecule has 3 aromatic heterocycles. The summed E-state index contributed by atoms with van der Waals surface area (Å²) in [7, 11) is 0. The summed E-state index contributed by atoms with van der Waals surface area (Å²) in [5.74, 6) is 0.521. The highest BCUT2D eigenvalue weighted by Crippen LogP contribution is 2.78. The van der Waals surface area contributed by atoms with Crippen molar-refractivity contribution < 1.29 is 17.9 Å². The number of halogens is 3. The Bertz CT molecular complexity index is 1430. The summed E-state index contributed by atoms with van der Waals surface area (Å²) < 4.78 is 48.3. The molecule has 37 heavy (non-hydrogen) atoms. The first-order valence-corrected chi connectivity index (χ1v) is 12.7. The van der Waals surface area contributed by atoms with Crippen LogP contribution < -0.4 is 11.0 Å². The zero-order valence-corrected chi connectivity index (χ0v) is 21.0. The van der Waals surface area contributed by atoms with E-state index in [1.54, 1.807) is 12.3 Å². The van der Waals surface area contributed by atoms with Gasteiger partial charge in [0.05, 0.1) is 28.6 Å². The van der Waals surface area contributed by atoms with Crippen LogP contribution in [0.1, 0.15) is 79.5 Å². The Morgan fingerprint density at radius 2 is 1.84 bits per heavy atom. The molecule has 3 saturated carbocycles. The molecule has 1 N–H and O–H groups in total. The second kappa shape index (κ2) is 8.21. The third-order valence-corrected chi connectivity index (χ3v) is 8.38. The molecule has 2 unspecified atom stereocenters. The third-order valence-electron chi connectivity index (χ3n) is 8.38. The number of hydrogen-bond acceptors (Lipinski definition) is 7. The molecule has 0 radical (unpaired) electrons. The number of aryl methyl sites for hydroxylation is 2. The van der Waals surface area contributed by atoms with Crippen molar-refractivity contribution in [3.05, 3.63) is 57.2 Å². The Morgan fingerprint density at radius 3 is 2.54 bits per heavy atom. The number of nitrogens with one attached hydrogen (secondary N) is 1. The summed E-state index contributed by atoms with van der Waals surface area (Å²) in [6, 6.07) is 3.28. The quantitative estimate of drug-likeness (QED) is 0.540. The van der Waals surface area contributed by atoms with Crippen molar-refractivity contribution in [2.75, 3.05) is 18.6 Å². The summed E-state index contributed by atoms with van der Waals surface area (Å²) in [6.45, 7) is 6.69. The van der Waals surface area contributed by atoms with Gasteiger partial charge in [-0.25, -0.2) is 24.6 Å². The molecule has 8 nitrogen and oxygen atoms in total. The van der Waals surface area contributed by atoms with E-state index in [4.69, 9.17) is 14.7 Å². The lowest BCUT2D eigenvalue weighted by Gasteiger charge is -2.70. The van der Waals surface area contributed by atoms with Crippen LogP contribution in [0.15, 0.2) is 23.1 Å². The maximum absolute atomic E-state index is 13.6. The van der Waals surface area contributed by atoms with Crippen LogP contribution in [0.5, 0.6) is 0 Å². The summed E-state index contributed by atoms with van der Waals surface area (Å²) >= 11 is 0. The van der Waals surface area contributed by atoms with Gasteiger partial charge < -0.3 is 10.2 Å². The monoisotopic (exact) mass is 514 g/mol. The molecule has 2 atom stereocenters. The van der Waals surface area contributed by atoms with E-state index in [0.29, 0.717) is 48.7 Å². The number of rotatable bonds is 5. The van der Waals surface area contributed by atoms with Gasteiger partial charge in [-0.2, -0.15) is 13.2 Å². The standard InChI is InChI=1S/C26H29F3N6O2/c1-4-30-35-10-17(5-6-19(35)36)18-9-16(7-8-37-18)22-33-21(20-23(34-22)32-15(3)14(2)31-20)24-11-25(12-24,13-24)26(27,28)29/h5-6,10,16,18,30H,4,7-9,11-13H2,1-3H3. The van der Waals surface area contributed by atoms with Gasteiger partial charge in [0.25, 0.3) is 5.56 Å². The van der Waals surface area contributed by atoms with E-state index in [2.05, 4.69) is 15.4 Å².